The molecule has 1 N–H and O–H groups in total. The smallest absolute Gasteiger partial charge is 0.410 e. The number of ether oxygens (including phenoxy) is 1. The number of piperidine rings is 1. The molecule has 1 aliphatic rings. The van der Waals surface area contributed by atoms with Crippen LogP contribution in [-0.4, -0.2) is 36.0 Å². The molecule has 132 valence electrons. The van der Waals surface area contributed by atoms with Gasteiger partial charge in [0.1, 0.15) is 6.61 Å². The Morgan fingerprint density at radius 1 is 1.17 bits per heavy atom. The van der Waals surface area contributed by atoms with Crippen LogP contribution in [0.2, 0.25) is 0 Å². The van der Waals surface area contributed by atoms with E-state index < -0.39 is 0 Å². The molecule has 1 fully saturated rings. The van der Waals surface area contributed by atoms with Crippen molar-refractivity contribution in [3.63, 3.8) is 0 Å². The lowest BCUT2D eigenvalue weighted by molar-refractivity contribution is -0.123. The van der Waals surface area contributed by atoms with Crippen molar-refractivity contribution in [2.24, 2.45) is 5.41 Å². The van der Waals surface area contributed by atoms with Crippen molar-refractivity contribution < 1.29 is 14.3 Å². The average Bonchev–Trinajstić information content (AvgIpc) is 2.52. The van der Waals surface area contributed by atoms with Crippen molar-refractivity contribution in [3.8, 4) is 0 Å². The number of nitrogens with one attached hydrogen (secondary N) is 1. The van der Waals surface area contributed by atoms with E-state index in [4.69, 9.17) is 4.74 Å². The molecule has 0 radical (unpaired) electrons. The van der Waals surface area contributed by atoms with Gasteiger partial charge in [0.15, 0.2) is 0 Å². The number of carbonyl (C=O) groups is 2. The second-order valence-corrected chi connectivity index (χ2v) is 7.61. The van der Waals surface area contributed by atoms with E-state index in [0.29, 0.717) is 26.1 Å². The number of amides is 2. The SMILES string of the molecule is CC(C)(C)CC(=O)NC1CCN(C(=O)OCc2ccccc2)CC1. The number of nitrogens with zero attached hydrogens (tertiary/aromatic N) is 1. The number of likely N-dealkylation sites (tertiary alicyclic amines) is 1. The van der Waals surface area contributed by atoms with E-state index in [-0.39, 0.29) is 23.5 Å². The summed E-state index contributed by atoms with van der Waals surface area (Å²) in [6.07, 6.45) is 1.79. The first-order chi connectivity index (χ1) is 11.3. The Balaban J connectivity index is 1.70. The highest BCUT2D eigenvalue weighted by Crippen LogP contribution is 2.19. The third kappa shape index (κ3) is 6.22. The van der Waals surface area contributed by atoms with Gasteiger partial charge in [-0.1, -0.05) is 51.1 Å². The Morgan fingerprint density at radius 3 is 2.38 bits per heavy atom. The first kappa shape index (κ1) is 18.3. The van der Waals surface area contributed by atoms with Gasteiger partial charge in [-0.05, 0) is 23.8 Å². The molecule has 24 heavy (non-hydrogen) atoms. The molecular formula is C19H28N2O3. The van der Waals surface area contributed by atoms with E-state index in [1.807, 2.05) is 30.3 Å². The van der Waals surface area contributed by atoms with Crippen molar-refractivity contribution >= 4 is 12.0 Å². The van der Waals surface area contributed by atoms with Gasteiger partial charge in [0.05, 0.1) is 0 Å². The van der Waals surface area contributed by atoms with E-state index in [1.165, 1.54) is 0 Å². The molecular weight excluding hydrogens is 304 g/mol. The maximum atomic E-state index is 12.1. The highest BCUT2D eigenvalue weighted by Gasteiger charge is 2.25. The molecule has 2 amide bonds. The van der Waals surface area contributed by atoms with Crippen molar-refractivity contribution in [1.82, 2.24) is 10.2 Å². The first-order valence-corrected chi connectivity index (χ1v) is 8.58. The number of hydrogen-bond acceptors (Lipinski definition) is 3. The molecule has 1 aromatic rings. The fourth-order valence-corrected chi connectivity index (χ4v) is 2.78. The molecule has 5 nitrogen and oxygen atoms in total. The zero-order valence-corrected chi connectivity index (χ0v) is 14.9. The van der Waals surface area contributed by atoms with Crippen LogP contribution in [0.3, 0.4) is 0 Å². The molecule has 0 spiro atoms. The third-order valence-electron chi connectivity index (χ3n) is 4.01. The van der Waals surface area contributed by atoms with Crippen molar-refractivity contribution in [3.05, 3.63) is 35.9 Å². The zero-order valence-electron chi connectivity index (χ0n) is 14.9. The van der Waals surface area contributed by atoms with Crippen molar-refractivity contribution in [2.75, 3.05) is 13.1 Å². The molecule has 0 atom stereocenters. The monoisotopic (exact) mass is 332 g/mol. The van der Waals surface area contributed by atoms with Crippen molar-refractivity contribution in [1.29, 1.82) is 0 Å². The second kappa shape index (κ2) is 8.18. The van der Waals surface area contributed by atoms with Crippen LogP contribution in [0.4, 0.5) is 4.79 Å². The summed E-state index contributed by atoms with van der Waals surface area (Å²) in [6, 6.07) is 9.81. The Kier molecular flexibility index (Phi) is 6.23. The molecule has 1 saturated heterocycles. The number of rotatable bonds is 4. The maximum absolute atomic E-state index is 12.1. The van der Waals surface area contributed by atoms with Crippen LogP contribution in [0.5, 0.6) is 0 Å². The van der Waals surface area contributed by atoms with Gasteiger partial charge in [0.25, 0.3) is 0 Å². The van der Waals surface area contributed by atoms with Crippen LogP contribution < -0.4 is 5.32 Å². The van der Waals surface area contributed by atoms with Crippen molar-refractivity contribution in [2.45, 2.75) is 52.7 Å². The molecule has 0 unspecified atom stereocenters. The second-order valence-electron chi connectivity index (χ2n) is 7.61. The minimum Gasteiger partial charge on any atom is -0.445 e. The summed E-state index contributed by atoms with van der Waals surface area (Å²) < 4.78 is 5.35. The van der Waals surface area contributed by atoms with Crippen LogP contribution in [0.1, 0.15) is 45.6 Å². The minimum absolute atomic E-state index is 0.00791. The molecule has 1 heterocycles. The zero-order chi connectivity index (χ0) is 17.6. The van der Waals surface area contributed by atoms with E-state index in [1.54, 1.807) is 4.90 Å². The summed E-state index contributed by atoms with van der Waals surface area (Å²) in [5.74, 6) is 0.0904. The third-order valence-corrected chi connectivity index (χ3v) is 4.01. The summed E-state index contributed by atoms with van der Waals surface area (Å²) in [6.45, 7) is 7.69. The Morgan fingerprint density at radius 2 is 1.79 bits per heavy atom. The Bertz CT molecular complexity index is 543. The molecule has 1 aliphatic heterocycles. The topological polar surface area (TPSA) is 58.6 Å². The summed E-state index contributed by atoms with van der Waals surface area (Å²) in [5, 5.41) is 3.08. The number of benzene rings is 1. The summed E-state index contributed by atoms with van der Waals surface area (Å²) in [4.78, 5) is 25.8. The average molecular weight is 332 g/mol. The van der Waals surface area contributed by atoms with Gasteiger partial charge in [-0.3, -0.25) is 4.79 Å². The Hall–Kier alpha value is -2.04. The normalized spacial score (nSPS) is 15.9. The molecule has 0 saturated carbocycles. The van der Waals surface area contributed by atoms with Gasteiger partial charge in [-0.15, -0.1) is 0 Å². The predicted octanol–water partition coefficient (Wildman–Crippen LogP) is 3.34. The van der Waals surface area contributed by atoms with Crippen LogP contribution in [0, 0.1) is 5.41 Å². The molecule has 0 aliphatic carbocycles. The summed E-state index contributed by atoms with van der Waals surface area (Å²) in [5.41, 5.74) is 0.974. The van der Waals surface area contributed by atoms with E-state index >= 15 is 0 Å². The largest absolute Gasteiger partial charge is 0.445 e. The van der Waals surface area contributed by atoms with E-state index in [0.717, 1.165) is 18.4 Å². The van der Waals surface area contributed by atoms with Gasteiger partial charge < -0.3 is 15.0 Å². The lowest BCUT2D eigenvalue weighted by Crippen LogP contribution is -2.47. The highest BCUT2D eigenvalue weighted by molar-refractivity contribution is 5.77. The molecule has 0 aromatic heterocycles. The standard InChI is InChI=1S/C19H28N2O3/c1-19(2,3)13-17(22)20-16-9-11-21(12-10-16)18(23)24-14-15-7-5-4-6-8-15/h4-8,16H,9-14H2,1-3H3,(H,20,22). The number of carbonyl (C=O) groups excluding carboxylic acids is 2. The van der Waals surface area contributed by atoms with Crippen LogP contribution in [-0.2, 0) is 16.1 Å². The minimum atomic E-state index is -0.279. The van der Waals surface area contributed by atoms with Gasteiger partial charge >= 0.3 is 6.09 Å². The highest BCUT2D eigenvalue weighted by atomic mass is 16.6. The van der Waals surface area contributed by atoms with Gasteiger partial charge in [0, 0.05) is 25.6 Å². The van der Waals surface area contributed by atoms with Crippen LogP contribution in [0.15, 0.2) is 30.3 Å². The van der Waals surface area contributed by atoms with Crippen LogP contribution >= 0.6 is 0 Å². The molecule has 1 aromatic carbocycles. The first-order valence-electron chi connectivity index (χ1n) is 8.58. The number of hydrogen-bond donors (Lipinski definition) is 1. The van der Waals surface area contributed by atoms with Gasteiger partial charge in [0.2, 0.25) is 5.91 Å². The maximum Gasteiger partial charge on any atom is 0.410 e. The van der Waals surface area contributed by atoms with E-state index in [2.05, 4.69) is 26.1 Å². The van der Waals surface area contributed by atoms with E-state index in [9.17, 15) is 9.59 Å². The fourth-order valence-electron chi connectivity index (χ4n) is 2.78. The van der Waals surface area contributed by atoms with Gasteiger partial charge in [-0.2, -0.15) is 0 Å². The van der Waals surface area contributed by atoms with Crippen LogP contribution in [0.25, 0.3) is 0 Å². The summed E-state index contributed by atoms with van der Waals surface area (Å²) >= 11 is 0. The molecule has 2 rings (SSSR count). The lowest BCUT2D eigenvalue weighted by Gasteiger charge is -2.32. The molecule has 0 bridgehead atoms. The summed E-state index contributed by atoms with van der Waals surface area (Å²) in [7, 11) is 0. The predicted molar refractivity (Wildman–Crippen MR) is 93.4 cm³/mol. The molecule has 5 heteroatoms. The lowest BCUT2D eigenvalue weighted by atomic mass is 9.91. The Labute approximate surface area is 144 Å². The van der Waals surface area contributed by atoms with Gasteiger partial charge in [-0.25, -0.2) is 4.79 Å². The fraction of sp³-hybridized carbons (Fsp3) is 0.579. The quantitative estimate of drug-likeness (QED) is 0.920.